The van der Waals surface area contributed by atoms with Crippen LogP contribution < -0.4 is 5.73 Å². The molecule has 0 aromatic rings. The number of carbonyl (C=O) groups excluding carboxylic acids is 2. The third-order valence-electron chi connectivity index (χ3n) is 1.87. The molecular formula is C11H22N2O7. The van der Waals surface area contributed by atoms with E-state index in [1.165, 1.54) is 0 Å². The molecule has 0 aromatic carbocycles. The smallest absolute Gasteiger partial charge is 0.326 e. The van der Waals surface area contributed by atoms with Gasteiger partial charge in [0.15, 0.2) is 0 Å². The van der Waals surface area contributed by atoms with Crippen molar-refractivity contribution < 1.29 is 34.3 Å². The molecule has 4 N–H and O–H groups in total. The molecule has 0 spiro atoms. The fraction of sp³-hybridized carbons (Fsp3) is 0.818. The second-order valence-corrected chi connectivity index (χ2v) is 5.01. The number of hydrogen-bond acceptors (Lipinski definition) is 9. The van der Waals surface area contributed by atoms with E-state index in [0.29, 0.717) is 0 Å². The quantitative estimate of drug-likeness (QED) is 0.321. The first-order chi connectivity index (χ1) is 9.11. The second-order valence-electron chi connectivity index (χ2n) is 5.01. The van der Waals surface area contributed by atoms with Crippen LogP contribution in [0.1, 0.15) is 33.6 Å². The lowest BCUT2D eigenvalue weighted by Gasteiger charge is -2.22. The minimum absolute atomic E-state index is 0.00508. The van der Waals surface area contributed by atoms with Gasteiger partial charge < -0.3 is 15.2 Å². The fourth-order valence-electron chi connectivity index (χ4n) is 1.06. The summed E-state index contributed by atoms with van der Waals surface area (Å²) in [5.74, 6) is -1.22. The van der Waals surface area contributed by atoms with Gasteiger partial charge in [-0.1, -0.05) is 0 Å². The summed E-state index contributed by atoms with van der Waals surface area (Å²) in [7, 11) is 0. The normalized spacial score (nSPS) is 13.2. The van der Waals surface area contributed by atoms with Crippen LogP contribution in [0.4, 0.5) is 0 Å². The molecule has 0 saturated heterocycles. The van der Waals surface area contributed by atoms with Gasteiger partial charge >= 0.3 is 11.9 Å². The Morgan fingerprint density at radius 2 is 1.90 bits per heavy atom. The summed E-state index contributed by atoms with van der Waals surface area (Å²) in [4.78, 5) is 27.0. The van der Waals surface area contributed by atoms with E-state index in [0.717, 1.165) is 0 Å². The molecule has 9 heteroatoms. The highest BCUT2D eigenvalue weighted by atomic mass is 17.1. The van der Waals surface area contributed by atoms with Crippen molar-refractivity contribution >= 4 is 11.9 Å². The summed E-state index contributed by atoms with van der Waals surface area (Å²) in [6.45, 7) is 4.76. The molecule has 0 aliphatic carbocycles. The Hall–Kier alpha value is -1.26. The monoisotopic (exact) mass is 294 g/mol. The SMILES string of the molecule is CC(C)(C)OC(=O)C(N)COC(=O)CCCON(O)O. The van der Waals surface area contributed by atoms with Crippen LogP contribution in [0.25, 0.3) is 0 Å². The van der Waals surface area contributed by atoms with Crippen LogP contribution in [0, 0.1) is 0 Å². The first-order valence-corrected chi connectivity index (χ1v) is 6.06. The fourth-order valence-corrected chi connectivity index (χ4v) is 1.06. The Balaban J connectivity index is 3.80. The first kappa shape index (κ1) is 18.7. The molecule has 9 nitrogen and oxygen atoms in total. The maximum Gasteiger partial charge on any atom is 0.326 e. The van der Waals surface area contributed by atoms with Crippen molar-refractivity contribution in [1.29, 1.82) is 0 Å². The molecule has 118 valence electrons. The number of ether oxygens (including phenoxy) is 2. The molecule has 0 aliphatic heterocycles. The molecule has 20 heavy (non-hydrogen) atoms. The molecule has 0 fully saturated rings. The zero-order valence-electron chi connectivity index (χ0n) is 11.9. The number of nitrogens with zero attached hydrogens (tertiary/aromatic N) is 1. The molecule has 0 heterocycles. The molecule has 0 radical (unpaired) electrons. The van der Waals surface area contributed by atoms with Gasteiger partial charge in [0.1, 0.15) is 18.2 Å². The Kier molecular flexibility index (Phi) is 8.26. The van der Waals surface area contributed by atoms with Crippen LogP contribution in [0.3, 0.4) is 0 Å². The third-order valence-corrected chi connectivity index (χ3v) is 1.87. The van der Waals surface area contributed by atoms with Crippen molar-refractivity contribution in [2.24, 2.45) is 5.73 Å². The van der Waals surface area contributed by atoms with Crippen molar-refractivity contribution in [3.05, 3.63) is 0 Å². The lowest BCUT2D eigenvalue weighted by Crippen LogP contribution is -2.41. The molecule has 0 bridgehead atoms. The van der Waals surface area contributed by atoms with Crippen molar-refractivity contribution in [3.63, 3.8) is 0 Å². The molecule has 1 unspecified atom stereocenters. The summed E-state index contributed by atoms with van der Waals surface area (Å²) in [5.41, 5.74) is 4.86. The van der Waals surface area contributed by atoms with Crippen molar-refractivity contribution in [3.8, 4) is 0 Å². The molecule has 0 rings (SSSR count). The average Bonchev–Trinajstić information content (AvgIpc) is 2.29. The highest BCUT2D eigenvalue weighted by molar-refractivity contribution is 5.77. The number of rotatable bonds is 8. The molecule has 0 aromatic heterocycles. The predicted octanol–water partition coefficient (Wildman–Crippen LogP) is -0.00920. The van der Waals surface area contributed by atoms with Crippen LogP contribution in [-0.2, 0) is 23.9 Å². The van der Waals surface area contributed by atoms with E-state index < -0.39 is 29.0 Å². The number of nitrogens with two attached hydrogens (primary N) is 1. The molecule has 0 amide bonds. The van der Waals surface area contributed by atoms with Crippen LogP contribution >= 0.6 is 0 Å². The van der Waals surface area contributed by atoms with E-state index in [-0.39, 0.29) is 26.1 Å². The summed E-state index contributed by atoms with van der Waals surface area (Å²) >= 11 is 0. The van der Waals surface area contributed by atoms with Gasteiger partial charge in [0.2, 0.25) is 0 Å². The Morgan fingerprint density at radius 3 is 2.40 bits per heavy atom. The minimum Gasteiger partial charge on any atom is -0.463 e. The van der Waals surface area contributed by atoms with Gasteiger partial charge in [-0.15, -0.1) is 0 Å². The van der Waals surface area contributed by atoms with Gasteiger partial charge in [0, 0.05) is 6.42 Å². The molecule has 0 saturated carbocycles. The minimum atomic E-state index is -1.04. The van der Waals surface area contributed by atoms with E-state index in [1.54, 1.807) is 20.8 Å². The predicted molar refractivity (Wildman–Crippen MR) is 65.4 cm³/mol. The van der Waals surface area contributed by atoms with Gasteiger partial charge in [-0.05, 0) is 27.2 Å². The highest BCUT2D eigenvalue weighted by Gasteiger charge is 2.23. The van der Waals surface area contributed by atoms with Crippen molar-refractivity contribution in [2.75, 3.05) is 13.2 Å². The van der Waals surface area contributed by atoms with E-state index in [9.17, 15) is 9.59 Å². The third kappa shape index (κ3) is 10.6. The van der Waals surface area contributed by atoms with E-state index >= 15 is 0 Å². The number of hydrogen-bond donors (Lipinski definition) is 3. The average molecular weight is 294 g/mol. The summed E-state index contributed by atoms with van der Waals surface area (Å²) < 4.78 is 9.81. The first-order valence-electron chi connectivity index (χ1n) is 6.06. The van der Waals surface area contributed by atoms with Crippen LogP contribution in [0.15, 0.2) is 0 Å². The van der Waals surface area contributed by atoms with E-state index in [1.807, 2.05) is 0 Å². The van der Waals surface area contributed by atoms with Gasteiger partial charge in [-0.3, -0.25) is 24.8 Å². The summed E-state index contributed by atoms with van der Waals surface area (Å²) in [5, 5.41) is 16.0. The van der Waals surface area contributed by atoms with Gasteiger partial charge in [-0.25, -0.2) is 0 Å². The van der Waals surface area contributed by atoms with Crippen LogP contribution in [-0.4, -0.2) is 52.6 Å². The maximum absolute atomic E-state index is 11.5. The van der Waals surface area contributed by atoms with Crippen molar-refractivity contribution in [1.82, 2.24) is 5.39 Å². The Labute approximate surface area is 117 Å². The maximum atomic E-state index is 11.5. The second kappa shape index (κ2) is 8.82. The standard InChI is InChI=1S/C11H22N2O7/c1-11(2,3)20-10(15)8(12)7-18-9(14)5-4-6-19-13(16)17/h8,16-17H,4-7,12H2,1-3H3. The highest BCUT2D eigenvalue weighted by Crippen LogP contribution is 2.08. The van der Waals surface area contributed by atoms with E-state index in [2.05, 4.69) is 4.84 Å². The number of esters is 2. The van der Waals surface area contributed by atoms with Crippen LogP contribution in [0.2, 0.25) is 0 Å². The summed E-state index contributed by atoms with van der Waals surface area (Å²) in [6.07, 6.45) is 0.215. The van der Waals surface area contributed by atoms with Gasteiger partial charge in [0.05, 0.1) is 12.0 Å². The number of carbonyl (C=O) groups is 2. The topological polar surface area (TPSA) is 132 Å². The van der Waals surface area contributed by atoms with Gasteiger partial charge in [-0.2, -0.15) is 0 Å². The lowest BCUT2D eigenvalue weighted by atomic mass is 10.2. The van der Waals surface area contributed by atoms with Crippen molar-refractivity contribution in [2.45, 2.75) is 45.3 Å². The van der Waals surface area contributed by atoms with Crippen LogP contribution in [0.5, 0.6) is 0 Å². The Morgan fingerprint density at radius 1 is 1.30 bits per heavy atom. The largest absolute Gasteiger partial charge is 0.463 e. The zero-order valence-corrected chi connectivity index (χ0v) is 11.9. The van der Waals surface area contributed by atoms with E-state index in [4.69, 9.17) is 25.6 Å². The zero-order chi connectivity index (χ0) is 15.8. The van der Waals surface area contributed by atoms with Gasteiger partial charge in [0.25, 0.3) is 0 Å². The molecular weight excluding hydrogens is 272 g/mol. The lowest BCUT2D eigenvalue weighted by molar-refractivity contribution is -0.492. The molecule has 1 atom stereocenters. The Bertz CT molecular complexity index is 314. The summed E-state index contributed by atoms with van der Waals surface area (Å²) in [6, 6.07) is -1.04. The molecule has 0 aliphatic rings.